The van der Waals surface area contributed by atoms with Crippen molar-refractivity contribution in [3.8, 4) is 0 Å². The average molecular weight is 244 g/mol. The van der Waals surface area contributed by atoms with Gasteiger partial charge in [-0.25, -0.2) is 4.98 Å². The van der Waals surface area contributed by atoms with Crippen LogP contribution in [-0.2, 0) is 6.54 Å². The Morgan fingerprint density at radius 1 is 1.22 bits per heavy atom. The minimum atomic E-state index is 0.998. The summed E-state index contributed by atoms with van der Waals surface area (Å²) in [6.45, 7) is 9.67. The molecule has 0 bridgehead atoms. The molecule has 0 unspecified atom stereocenters. The maximum atomic E-state index is 4.64. The van der Waals surface area contributed by atoms with E-state index in [1.807, 2.05) is 0 Å². The maximum absolute atomic E-state index is 4.64. The molecule has 1 saturated heterocycles. The summed E-state index contributed by atoms with van der Waals surface area (Å²) in [7, 11) is 0. The zero-order valence-corrected chi connectivity index (χ0v) is 11.1. The molecular weight excluding hydrogens is 224 g/mol. The first-order valence-corrected chi connectivity index (χ1v) is 6.61. The van der Waals surface area contributed by atoms with Crippen molar-refractivity contribution in [2.45, 2.75) is 20.4 Å². The van der Waals surface area contributed by atoms with E-state index in [0.717, 1.165) is 44.1 Å². The van der Waals surface area contributed by atoms with Gasteiger partial charge in [0.25, 0.3) is 0 Å². The summed E-state index contributed by atoms with van der Waals surface area (Å²) in [5.41, 5.74) is 4.82. The topological polar surface area (TPSA) is 32.6 Å². The molecule has 0 aromatic carbocycles. The minimum Gasteiger partial charge on any atom is -0.314 e. The van der Waals surface area contributed by atoms with E-state index in [2.05, 4.69) is 51.8 Å². The van der Waals surface area contributed by atoms with Crippen molar-refractivity contribution in [1.82, 2.24) is 19.6 Å². The van der Waals surface area contributed by atoms with Crippen LogP contribution in [0.5, 0.6) is 0 Å². The van der Waals surface area contributed by atoms with Crippen molar-refractivity contribution < 1.29 is 0 Å². The molecule has 4 nitrogen and oxygen atoms in total. The molecular formula is C14H20N4. The number of imidazole rings is 1. The van der Waals surface area contributed by atoms with Crippen molar-refractivity contribution in [2.24, 2.45) is 0 Å². The number of fused-ring (bicyclic) bond motifs is 1. The molecule has 1 N–H and O–H groups in total. The highest BCUT2D eigenvalue weighted by Gasteiger charge is 2.15. The van der Waals surface area contributed by atoms with Gasteiger partial charge < -0.3 is 9.72 Å². The Kier molecular flexibility index (Phi) is 3.06. The summed E-state index contributed by atoms with van der Waals surface area (Å²) in [6.07, 6.45) is 2.19. The number of aromatic nitrogens is 2. The van der Waals surface area contributed by atoms with Crippen LogP contribution in [-0.4, -0.2) is 40.5 Å². The second kappa shape index (κ2) is 4.71. The Balaban J connectivity index is 1.94. The molecule has 0 radical (unpaired) electrons. The molecule has 2 aromatic heterocycles. The van der Waals surface area contributed by atoms with Crippen LogP contribution in [0.25, 0.3) is 5.65 Å². The fraction of sp³-hybridized carbons (Fsp3) is 0.500. The van der Waals surface area contributed by atoms with Crippen LogP contribution < -0.4 is 5.32 Å². The predicted molar refractivity (Wildman–Crippen MR) is 72.8 cm³/mol. The molecule has 2 aromatic rings. The number of nitrogens with one attached hydrogen (secondary N) is 1. The predicted octanol–water partition coefficient (Wildman–Crippen LogP) is 1.36. The lowest BCUT2D eigenvalue weighted by Gasteiger charge is -2.27. The fourth-order valence-corrected chi connectivity index (χ4v) is 2.59. The van der Waals surface area contributed by atoms with Crippen LogP contribution in [0.15, 0.2) is 18.3 Å². The average Bonchev–Trinajstić information content (AvgIpc) is 2.67. The van der Waals surface area contributed by atoms with Gasteiger partial charge >= 0.3 is 0 Å². The van der Waals surface area contributed by atoms with Gasteiger partial charge in [0.15, 0.2) is 0 Å². The second-order valence-electron chi connectivity index (χ2n) is 5.10. The van der Waals surface area contributed by atoms with Crippen molar-refractivity contribution >= 4 is 5.65 Å². The first kappa shape index (κ1) is 11.7. The molecule has 0 saturated carbocycles. The van der Waals surface area contributed by atoms with E-state index in [1.165, 1.54) is 11.3 Å². The summed E-state index contributed by atoms with van der Waals surface area (Å²) < 4.78 is 2.24. The van der Waals surface area contributed by atoms with Crippen LogP contribution in [0, 0.1) is 13.8 Å². The summed E-state index contributed by atoms with van der Waals surface area (Å²) >= 11 is 0. The van der Waals surface area contributed by atoms with Crippen molar-refractivity contribution in [1.29, 1.82) is 0 Å². The van der Waals surface area contributed by atoms with Crippen LogP contribution >= 0.6 is 0 Å². The van der Waals surface area contributed by atoms with E-state index < -0.39 is 0 Å². The van der Waals surface area contributed by atoms with Crippen molar-refractivity contribution in [3.05, 3.63) is 35.3 Å². The summed E-state index contributed by atoms with van der Waals surface area (Å²) in [5.74, 6) is 0. The normalized spacial score (nSPS) is 17.4. The van der Waals surface area contributed by atoms with Gasteiger partial charge in [0.05, 0.1) is 11.4 Å². The first-order chi connectivity index (χ1) is 8.74. The number of piperazine rings is 1. The van der Waals surface area contributed by atoms with Crippen LogP contribution in [0.1, 0.15) is 17.0 Å². The molecule has 0 spiro atoms. The zero-order chi connectivity index (χ0) is 12.5. The van der Waals surface area contributed by atoms with Crippen molar-refractivity contribution in [3.63, 3.8) is 0 Å². The highest BCUT2D eigenvalue weighted by Crippen LogP contribution is 2.15. The van der Waals surface area contributed by atoms with E-state index in [9.17, 15) is 0 Å². The van der Waals surface area contributed by atoms with E-state index in [4.69, 9.17) is 0 Å². The molecule has 3 rings (SSSR count). The zero-order valence-electron chi connectivity index (χ0n) is 11.1. The summed E-state index contributed by atoms with van der Waals surface area (Å²) in [4.78, 5) is 7.14. The number of nitrogens with zero attached hydrogens (tertiary/aromatic N) is 3. The molecule has 4 heteroatoms. The van der Waals surface area contributed by atoms with Gasteiger partial charge in [-0.2, -0.15) is 0 Å². The smallest absolute Gasteiger partial charge is 0.137 e. The van der Waals surface area contributed by atoms with Gasteiger partial charge in [0, 0.05) is 38.9 Å². The Hall–Kier alpha value is -1.39. The monoisotopic (exact) mass is 244 g/mol. The minimum absolute atomic E-state index is 0.998. The molecule has 0 amide bonds. The third kappa shape index (κ3) is 2.13. The van der Waals surface area contributed by atoms with E-state index >= 15 is 0 Å². The molecule has 18 heavy (non-hydrogen) atoms. The van der Waals surface area contributed by atoms with Gasteiger partial charge in [0.2, 0.25) is 0 Å². The summed E-state index contributed by atoms with van der Waals surface area (Å²) in [6, 6.07) is 4.22. The Morgan fingerprint density at radius 2 is 2.00 bits per heavy atom. The molecule has 3 heterocycles. The molecule has 0 aliphatic carbocycles. The maximum Gasteiger partial charge on any atom is 0.137 e. The van der Waals surface area contributed by atoms with Crippen molar-refractivity contribution in [2.75, 3.05) is 26.2 Å². The molecule has 1 aliphatic rings. The molecule has 1 fully saturated rings. The Labute approximate surface area is 108 Å². The van der Waals surface area contributed by atoms with Crippen LogP contribution in [0.3, 0.4) is 0 Å². The number of rotatable bonds is 2. The van der Waals surface area contributed by atoms with Gasteiger partial charge in [-0.15, -0.1) is 0 Å². The lowest BCUT2D eigenvalue weighted by molar-refractivity contribution is 0.230. The second-order valence-corrected chi connectivity index (χ2v) is 5.10. The van der Waals surface area contributed by atoms with Crippen LogP contribution in [0.2, 0.25) is 0 Å². The van der Waals surface area contributed by atoms with Gasteiger partial charge in [-0.3, -0.25) is 4.90 Å². The SMILES string of the molecule is Cc1ccc2nc(C)c(CN3CCNCC3)n2c1. The fourth-order valence-electron chi connectivity index (χ4n) is 2.59. The van der Waals surface area contributed by atoms with Gasteiger partial charge in [-0.1, -0.05) is 6.07 Å². The van der Waals surface area contributed by atoms with E-state index in [1.54, 1.807) is 0 Å². The number of aryl methyl sites for hydroxylation is 2. The quantitative estimate of drug-likeness (QED) is 0.865. The first-order valence-electron chi connectivity index (χ1n) is 6.61. The van der Waals surface area contributed by atoms with E-state index in [-0.39, 0.29) is 0 Å². The Bertz CT molecular complexity index is 552. The third-order valence-corrected chi connectivity index (χ3v) is 3.65. The Morgan fingerprint density at radius 3 is 2.78 bits per heavy atom. The van der Waals surface area contributed by atoms with Gasteiger partial charge in [0.1, 0.15) is 5.65 Å². The number of pyridine rings is 1. The highest BCUT2D eigenvalue weighted by atomic mass is 15.2. The summed E-state index contributed by atoms with van der Waals surface area (Å²) in [5, 5.41) is 3.39. The molecule has 96 valence electrons. The number of hydrogen-bond donors (Lipinski definition) is 1. The van der Waals surface area contributed by atoms with Crippen LogP contribution in [0.4, 0.5) is 0 Å². The standard InChI is InChI=1S/C14H20N4/c1-11-3-4-14-16-12(2)13(18(14)9-11)10-17-7-5-15-6-8-17/h3-4,9,15H,5-8,10H2,1-2H3. The van der Waals surface area contributed by atoms with E-state index in [0.29, 0.717) is 0 Å². The lowest BCUT2D eigenvalue weighted by Crippen LogP contribution is -2.43. The third-order valence-electron chi connectivity index (χ3n) is 3.65. The van der Waals surface area contributed by atoms with Gasteiger partial charge in [-0.05, 0) is 25.5 Å². The highest BCUT2D eigenvalue weighted by molar-refractivity contribution is 5.44. The molecule has 0 atom stereocenters. The lowest BCUT2D eigenvalue weighted by atomic mass is 10.2. The number of hydrogen-bond acceptors (Lipinski definition) is 3. The largest absolute Gasteiger partial charge is 0.314 e. The molecule has 1 aliphatic heterocycles.